The van der Waals surface area contributed by atoms with Gasteiger partial charge in [-0.3, -0.25) is 9.59 Å². The Morgan fingerprint density at radius 3 is 2.48 bits per heavy atom. The third kappa shape index (κ3) is 4.60. The Balaban J connectivity index is 1.47. The van der Waals surface area contributed by atoms with E-state index in [1.165, 1.54) is 0 Å². The highest BCUT2D eigenvalue weighted by atomic mass is 19.4. The second kappa shape index (κ2) is 8.13. The van der Waals surface area contributed by atoms with Crippen LogP contribution in [0.3, 0.4) is 0 Å². The van der Waals surface area contributed by atoms with E-state index in [1.807, 2.05) is 30.0 Å². The van der Waals surface area contributed by atoms with Gasteiger partial charge in [-0.15, -0.1) is 0 Å². The third-order valence-electron chi connectivity index (χ3n) is 5.76. The van der Waals surface area contributed by atoms with Crippen LogP contribution in [-0.4, -0.2) is 37.6 Å². The Hall–Kier alpha value is -3.23. The fourth-order valence-electron chi connectivity index (χ4n) is 3.97. The molecular weight excluding hydrogens is 409 g/mol. The van der Waals surface area contributed by atoms with E-state index in [-0.39, 0.29) is 31.2 Å². The zero-order chi connectivity index (χ0) is 22.2. The molecule has 4 rings (SSSR count). The van der Waals surface area contributed by atoms with Gasteiger partial charge in [-0.25, -0.2) is 0 Å². The fraction of sp³-hybridized carbons (Fsp3) is 0.364. The van der Waals surface area contributed by atoms with E-state index in [0.717, 1.165) is 16.9 Å². The van der Waals surface area contributed by atoms with Crippen molar-refractivity contribution in [3.05, 3.63) is 47.5 Å². The molecular formula is C22H23F3N4O2. The molecule has 0 radical (unpaired) electrons. The van der Waals surface area contributed by atoms with Crippen LogP contribution in [0.4, 0.5) is 35.9 Å². The number of hydrogen-bond donors (Lipinski definition) is 3. The number of carbonyl (C=O) groups excluding carboxylic acids is 2. The lowest BCUT2D eigenvalue weighted by molar-refractivity contribution is -0.179. The van der Waals surface area contributed by atoms with Gasteiger partial charge in [0.05, 0.1) is 23.7 Å². The van der Waals surface area contributed by atoms with Gasteiger partial charge in [0.15, 0.2) is 0 Å². The molecule has 0 unspecified atom stereocenters. The van der Waals surface area contributed by atoms with Crippen molar-refractivity contribution in [3.63, 3.8) is 0 Å². The number of rotatable bonds is 3. The van der Waals surface area contributed by atoms with Gasteiger partial charge < -0.3 is 20.9 Å². The number of halogens is 3. The minimum Gasteiger partial charge on any atom is -0.371 e. The number of hydrogen-bond acceptors (Lipinski definition) is 4. The smallest absolute Gasteiger partial charge is 0.371 e. The van der Waals surface area contributed by atoms with Crippen molar-refractivity contribution in [2.75, 3.05) is 35.2 Å². The van der Waals surface area contributed by atoms with E-state index in [9.17, 15) is 22.8 Å². The summed E-state index contributed by atoms with van der Waals surface area (Å²) in [5, 5.41) is 8.51. The molecule has 3 N–H and O–H groups in total. The molecule has 0 saturated carbocycles. The van der Waals surface area contributed by atoms with Crippen molar-refractivity contribution < 1.29 is 22.8 Å². The molecule has 2 aliphatic heterocycles. The molecule has 2 aliphatic rings. The molecule has 6 nitrogen and oxygen atoms in total. The largest absolute Gasteiger partial charge is 0.391 e. The van der Waals surface area contributed by atoms with E-state index >= 15 is 0 Å². The minimum atomic E-state index is -4.12. The van der Waals surface area contributed by atoms with Crippen molar-refractivity contribution in [2.45, 2.75) is 25.9 Å². The number of piperidine rings is 1. The SMILES string of the molecule is Cc1cc(N2CCC(C(F)(F)F)CC2)ccc1Nc1ccc2c(c1)C(=O)NCC(=O)N2. The summed E-state index contributed by atoms with van der Waals surface area (Å²) in [7, 11) is 0. The first-order valence-corrected chi connectivity index (χ1v) is 10.1. The van der Waals surface area contributed by atoms with Crippen molar-refractivity contribution in [1.29, 1.82) is 0 Å². The maximum Gasteiger partial charge on any atom is 0.391 e. The van der Waals surface area contributed by atoms with Gasteiger partial charge in [-0.2, -0.15) is 13.2 Å². The molecule has 2 aromatic rings. The van der Waals surface area contributed by atoms with Crippen LogP contribution in [0.5, 0.6) is 0 Å². The first kappa shape index (κ1) is 21.0. The molecule has 1 fully saturated rings. The van der Waals surface area contributed by atoms with Crippen LogP contribution in [0.25, 0.3) is 0 Å². The number of nitrogens with zero attached hydrogens (tertiary/aromatic N) is 1. The molecule has 31 heavy (non-hydrogen) atoms. The van der Waals surface area contributed by atoms with Crippen molar-refractivity contribution >= 4 is 34.6 Å². The zero-order valence-electron chi connectivity index (χ0n) is 17.0. The maximum atomic E-state index is 12.9. The van der Waals surface area contributed by atoms with Crippen LogP contribution < -0.4 is 20.9 Å². The maximum absolute atomic E-state index is 12.9. The van der Waals surface area contributed by atoms with Crippen LogP contribution in [0, 0.1) is 12.8 Å². The molecule has 0 bridgehead atoms. The van der Waals surface area contributed by atoms with Crippen LogP contribution in [0.15, 0.2) is 36.4 Å². The lowest BCUT2D eigenvalue weighted by atomic mass is 9.96. The lowest BCUT2D eigenvalue weighted by Gasteiger charge is -2.34. The fourth-order valence-corrected chi connectivity index (χ4v) is 3.97. The number of alkyl halides is 3. The van der Waals surface area contributed by atoms with E-state index in [2.05, 4.69) is 16.0 Å². The molecule has 0 atom stereocenters. The second-order valence-corrected chi connectivity index (χ2v) is 7.92. The van der Waals surface area contributed by atoms with Crippen molar-refractivity contribution in [3.8, 4) is 0 Å². The molecule has 1 saturated heterocycles. The number of aryl methyl sites for hydroxylation is 1. The van der Waals surface area contributed by atoms with Gasteiger partial charge in [0, 0.05) is 30.2 Å². The number of fused-ring (bicyclic) bond motifs is 1. The number of carbonyl (C=O) groups is 2. The van der Waals surface area contributed by atoms with E-state index < -0.39 is 12.1 Å². The monoisotopic (exact) mass is 432 g/mol. The topological polar surface area (TPSA) is 73.5 Å². The summed E-state index contributed by atoms with van der Waals surface area (Å²) in [4.78, 5) is 25.8. The molecule has 2 heterocycles. The summed E-state index contributed by atoms with van der Waals surface area (Å²) < 4.78 is 38.7. The zero-order valence-corrected chi connectivity index (χ0v) is 17.0. The van der Waals surface area contributed by atoms with Crippen LogP contribution in [0.1, 0.15) is 28.8 Å². The number of amides is 2. The number of benzene rings is 2. The van der Waals surface area contributed by atoms with Gasteiger partial charge in [-0.1, -0.05) is 0 Å². The first-order valence-electron chi connectivity index (χ1n) is 10.1. The van der Waals surface area contributed by atoms with Gasteiger partial charge in [0.2, 0.25) is 5.91 Å². The standard InChI is InChI=1S/C22H23F3N4O2/c1-13-10-16(29-8-6-14(7-9-29)22(23,24)25)3-5-18(13)27-15-2-4-19-17(11-15)21(31)26-12-20(30)28-19/h2-5,10-11,14,27H,6-9,12H2,1H3,(H,26,31)(H,28,30). The lowest BCUT2D eigenvalue weighted by Crippen LogP contribution is -2.39. The van der Waals surface area contributed by atoms with Gasteiger partial charge in [-0.05, 0) is 61.7 Å². The average molecular weight is 432 g/mol. The summed E-state index contributed by atoms with van der Waals surface area (Å²) >= 11 is 0. The summed E-state index contributed by atoms with van der Waals surface area (Å²) in [5.74, 6) is -1.83. The molecule has 164 valence electrons. The number of anilines is 4. The molecule has 2 amide bonds. The third-order valence-corrected chi connectivity index (χ3v) is 5.76. The summed E-state index contributed by atoms with van der Waals surface area (Å²) in [6.07, 6.45) is -3.91. The van der Waals surface area contributed by atoms with E-state index in [1.54, 1.807) is 18.2 Å². The molecule has 0 aliphatic carbocycles. The summed E-state index contributed by atoms with van der Waals surface area (Å²) in [5.41, 5.74) is 4.17. The number of nitrogens with one attached hydrogen (secondary N) is 3. The predicted molar refractivity (Wildman–Crippen MR) is 113 cm³/mol. The van der Waals surface area contributed by atoms with E-state index in [4.69, 9.17) is 0 Å². The summed E-state index contributed by atoms with van der Waals surface area (Å²) in [6, 6.07) is 10.8. The Morgan fingerprint density at radius 1 is 1.06 bits per heavy atom. The molecule has 0 spiro atoms. The van der Waals surface area contributed by atoms with Crippen molar-refractivity contribution in [1.82, 2.24) is 5.32 Å². The normalized spacial score (nSPS) is 17.5. The van der Waals surface area contributed by atoms with Gasteiger partial charge in [0.25, 0.3) is 5.91 Å². The van der Waals surface area contributed by atoms with E-state index in [0.29, 0.717) is 30.0 Å². The molecule has 0 aromatic heterocycles. The Kier molecular flexibility index (Phi) is 5.51. The van der Waals surface area contributed by atoms with Crippen LogP contribution in [0.2, 0.25) is 0 Å². The highest BCUT2D eigenvalue weighted by molar-refractivity contribution is 6.09. The molecule has 9 heteroatoms. The van der Waals surface area contributed by atoms with Crippen LogP contribution >= 0.6 is 0 Å². The van der Waals surface area contributed by atoms with Gasteiger partial charge >= 0.3 is 6.18 Å². The van der Waals surface area contributed by atoms with Crippen LogP contribution in [-0.2, 0) is 4.79 Å². The first-order chi connectivity index (χ1) is 14.7. The Bertz CT molecular complexity index is 1010. The quantitative estimate of drug-likeness (QED) is 0.680. The average Bonchev–Trinajstić information content (AvgIpc) is 2.87. The molecule has 2 aromatic carbocycles. The Morgan fingerprint density at radius 2 is 1.81 bits per heavy atom. The van der Waals surface area contributed by atoms with Crippen molar-refractivity contribution in [2.24, 2.45) is 5.92 Å². The second-order valence-electron chi connectivity index (χ2n) is 7.92. The van der Waals surface area contributed by atoms with Gasteiger partial charge in [0.1, 0.15) is 0 Å². The predicted octanol–water partition coefficient (Wildman–Crippen LogP) is 4.20. The highest BCUT2D eigenvalue weighted by Gasteiger charge is 2.41. The highest BCUT2D eigenvalue weighted by Crippen LogP contribution is 2.36. The minimum absolute atomic E-state index is 0.0724. The Labute approximate surface area is 177 Å². The summed E-state index contributed by atoms with van der Waals surface area (Å²) in [6.45, 7) is 2.60.